The Morgan fingerprint density at radius 1 is 1.35 bits per heavy atom. The van der Waals surface area contributed by atoms with Crippen LogP contribution in [0.25, 0.3) is 0 Å². The Kier molecular flexibility index (Phi) is 6.92. The number of carbonyl (C=O) groups is 2. The zero-order valence-electron chi connectivity index (χ0n) is 14.8. The van der Waals surface area contributed by atoms with Gasteiger partial charge in [0.1, 0.15) is 0 Å². The number of ether oxygens (including phenoxy) is 3. The first kappa shape index (κ1) is 19.7. The molecule has 0 bridgehead atoms. The van der Waals surface area contributed by atoms with Gasteiger partial charge in [-0.05, 0) is 24.6 Å². The second kappa shape index (κ2) is 9.15. The second-order valence-electron chi connectivity index (χ2n) is 5.37. The van der Waals surface area contributed by atoms with Crippen LogP contribution in [0.4, 0.5) is 0 Å². The van der Waals surface area contributed by atoms with Crippen molar-refractivity contribution in [3.63, 3.8) is 0 Å². The number of amides is 1. The largest absolute Gasteiger partial charge is 0.493 e. The van der Waals surface area contributed by atoms with Gasteiger partial charge < -0.3 is 19.5 Å². The quantitative estimate of drug-likeness (QED) is 0.729. The molecule has 0 radical (unpaired) electrons. The van der Waals surface area contributed by atoms with E-state index >= 15 is 0 Å². The maximum Gasteiger partial charge on any atom is 0.316 e. The van der Waals surface area contributed by atoms with E-state index in [1.54, 1.807) is 25.1 Å². The Labute approximate surface area is 156 Å². The van der Waals surface area contributed by atoms with Gasteiger partial charge in [0.25, 0.3) is 0 Å². The number of esters is 1. The average molecular weight is 376 g/mol. The molecular formula is C18H20N2O5S. The van der Waals surface area contributed by atoms with Crippen molar-refractivity contribution in [1.29, 1.82) is 5.26 Å². The van der Waals surface area contributed by atoms with Crippen molar-refractivity contribution in [3.05, 3.63) is 34.4 Å². The molecule has 2 rings (SSSR count). The summed E-state index contributed by atoms with van der Waals surface area (Å²) in [4.78, 5) is 23.7. The number of hydrogen-bond acceptors (Lipinski definition) is 7. The molecule has 138 valence electrons. The Hall–Kier alpha value is -2.66. The van der Waals surface area contributed by atoms with Crippen LogP contribution in [0.3, 0.4) is 0 Å². The van der Waals surface area contributed by atoms with E-state index in [4.69, 9.17) is 14.2 Å². The summed E-state index contributed by atoms with van der Waals surface area (Å²) >= 11 is 1.09. The third-order valence-electron chi connectivity index (χ3n) is 3.81. The van der Waals surface area contributed by atoms with Gasteiger partial charge in [-0.3, -0.25) is 9.59 Å². The molecule has 1 aliphatic rings. The predicted molar refractivity (Wildman–Crippen MR) is 96.8 cm³/mol. The third kappa shape index (κ3) is 4.49. The standard InChI is InChI=1S/C18H20N2O5S/c1-4-25-17(22)10-26-18-13(9-19)12(8-16(21)20-18)11-5-6-14(23-2)15(7-11)24-3/h5-7,12H,4,8,10H2,1-3H3,(H,20,21)/t12-/m1/s1. The Bertz CT molecular complexity index is 769. The van der Waals surface area contributed by atoms with Crippen LogP contribution in [-0.4, -0.2) is 38.5 Å². The molecule has 1 atom stereocenters. The van der Waals surface area contributed by atoms with E-state index in [-0.39, 0.29) is 24.7 Å². The van der Waals surface area contributed by atoms with Crippen molar-refractivity contribution in [3.8, 4) is 17.6 Å². The van der Waals surface area contributed by atoms with Gasteiger partial charge in [-0.2, -0.15) is 5.26 Å². The molecule has 1 amide bonds. The lowest BCUT2D eigenvalue weighted by Crippen LogP contribution is -2.31. The molecule has 7 nitrogen and oxygen atoms in total. The minimum atomic E-state index is -0.418. The summed E-state index contributed by atoms with van der Waals surface area (Å²) in [6, 6.07) is 7.46. The lowest BCUT2D eigenvalue weighted by Gasteiger charge is -2.25. The van der Waals surface area contributed by atoms with Crippen molar-refractivity contribution in [2.24, 2.45) is 0 Å². The van der Waals surface area contributed by atoms with E-state index in [0.717, 1.165) is 17.3 Å². The van der Waals surface area contributed by atoms with Crippen molar-refractivity contribution in [1.82, 2.24) is 5.32 Å². The number of allylic oxidation sites excluding steroid dienone is 1. The number of nitrogens with zero attached hydrogens (tertiary/aromatic N) is 1. The highest BCUT2D eigenvalue weighted by molar-refractivity contribution is 8.03. The molecule has 1 aromatic rings. The summed E-state index contributed by atoms with van der Waals surface area (Å²) in [5.41, 5.74) is 1.18. The number of hydrogen-bond donors (Lipinski definition) is 1. The van der Waals surface area contributed by atoms with Crippen LogP contribution in [0.5, 0.6) is 11.5 Å². The maximum atomic E-state index is 12.1. The lowest BCUT2D eigenvalue weighted by molar-refractivity contribution is -0.139. The summed E-state index contributed by atoms with van der Waals surface area (Å²) in [7, 11) is 3.06. The fourth-order valence-electron chi connectivity index (χ4n) is 2.62. The zero-order chi connectivity index (χ0) is 19.1. The van der Waals surface area contributed by atoms with E-state index in [2.05, 4.69) is 11.4 Å². The van der Waals surface area contributed by atoms with Gasteiger partial charge >= 0.3 is 5.97 Å². The van der Waals surface area contributed by atoms with Crippen LogP contribution in [0.1, 0.15) is 24.8 Å². The minimum Gasteiger partial charge on any atom is -0.493 e. The molecule has 0 fully saturated rings. The average Bonchev–Trinajstić information content (AvgIpc) is 2.65. The van der Waals surface area contributed by atoms with E-state index in [0.29, 0.717) is 22.1 Å². The molecule has 0 unspecified atom stereocenters. The summed E-state index contributed by atoms with van der Waals surface area (Å²) in [5, 5.41) is 12.7. The lowest BCUT2D eigenvalue weighted by atomic mass is 9.87. The van der Waals surface area contributed by atoms with Crippen LogP contribution < -0.4 is 14.8 Å². The van der Waals surface area contributed by atoms with Crippen molar-refractivity contribution < 1.29 is 23.8 Å². The number of rotatable bonds is 7. The predicted octanol–water partition coefficient (Wildman–Crippen LogP) is 2.34. The number of carbonyl (C=O) groups excluding carboxylic acids is 2. The summed E-state index contributed by atoms with van der Waals surface area (Å²) in [6.07, 6.45) is 0.141. The topological polar surface area (TPSA) is 97.7 Å². The normalized spacial score (nSPS) is 16.5. The number of methoxy groups -OCH3 is 2. The minimum absolute atomic E-state index is 0.0211. The number of thioether (sulfide) groups is 1. The molecule has 1 N–H and O–H groups in total. The second-order valence-corrected chi connectivity index (χ2v) is 6.35. The fourth-order valence-corrected chi connectivity index (χ4v) is 3.50. The SMILES string of the molecule is CCOC(=O)CSC1=C(C#N)[C@@H](c2ccc(OC)c(OC)c2)CC(=O)N1. The van der Waals surface area contributed by atoms with Crippen LogP contribution in [0, 0.1) is 11.3 Å². The third-order valence-corrected chi connectivity index (χ3v) is 4.80. The van der Waals surface area contributed by atoms with E-state index in [1.165, 1.54) is 14.2 Å². The van der Waals surface area contributed by atoms with E-state index < -0.39 is 11.9 Å². The molecule has 0 spiro atoms. The summed E-state index contributed by atoms with van der Waals surface area (Å²) < 4.78 is 15.4. The molecule has 1 aliphatic heterocycles. The number of nitrogens with one attached hydrogen (secondary N) is 1. The molecular weight excluding hydrogens is 356 g/mol. The van der Waals surface area contributed by atoms with Crippen LogP contribution in [0.15, 0.2) is 28.8 Å². The molecule has 0 saturated heterocycles. The monoisotopic (exact) mass is 376 g/mol. The van der Waals surface area contributed by atoms with Gasteiger partial charge in [0.15, 0.2) is 11.5 Å². The highest BCUT2D eigenvalue weighted by atomic mass is 32.2. The van der Waals surface area contributed by atoms with Crippen molar-refractivity contribution in [2.45, 2.75) is 19.3 Å². The van der Waals surface area contributed by atoms with Gasteiger partial charge in [-0.1, -0.05) is 17.8 Å². The van der Waals surface area contributed by atoms with Crippen LogP contribution >= 0.6 is 11.8 Å². The Balaban J connectivity index is 2.34. The van der Waals surface area contributed by atoms with Crippen molar-refractivity contribution in [2.75, 3.05) is 26.6 Å². The Morgan fingerprint density at radius 2 is 2.08 bits per heavy atom. The summed E-state index contributed by atoms with van der Waals surface area (Å²) in [6.45, 7) is 2.00. The number of benzene rings is 1. The van der Waals surface area contributed by atoms with Gasteiger partial charge in [0, 0.05) is 12.3 Å². The maximum absolute atomic E-state index is 12.1. The van der Waals surface area contributed by atoms with Gasteiger partial charge in [-0.15, -0.1) is 0 Å². The molecule has 1 heterocycles. The molecule has 26 heavy (non-hydrogen) atoms. The molecule has 0 aliphatic carbocycles. The van der Waals surface area contributed by atoms with Gasteiger partial charge in [-0.25, -0.2) is 0 Å². The highest BCUT2D eigenvalue weighted by Crippen LogP contribution is 2.39. The Morgan fingerprint density at radius 3 is 2.69 bits per heavy atom. The molecule has 0 saturated carbocycles. The van der Waals surface area contributed by atoms with Gasteiger partial charge in [0.05, 0.1) is 43.3 Å². The van der Waals surface area contributed by atoms with E-state index in [1.807, 2.05) is 0 Å². The highest BCUT2D eigenvalue weighted by Gasteiger charge is 2.30. The smallest absolute Gasteiger partial charge is 0.316 e. The van der Waals surface area contributed by atoms with Crippen LogP contribution in [-0.2, 0) is 14.3 Å². The summed E-state index contributed by atoms with van der Waals surface area (Å²) in [5.74, 6) is 0.0795. The van der Waals surface area contributed by atoms with E-state index in [9.17, 15) is 14.9 Å². The van der Waals surface area contributed by atoms with Gasteiger partial charge in [0.2, 0.25) is 5.91 Å². The zero-order valence-corrected chi connectivity index (χ0v) is 15.6. The molecule has 0 aromatic heterocycles. The van der Waals surface area contributed by atoms with Crippen molar-refractivity contribution >= 4 is 23.6 Å². The number of nitriles is 1. The molecule has 1 aromatic carbocycles. The first-order chi connectivity index (χ1) is 12.5. The fraction of sp³-hybridized carbons (Fsp3) is 0.389. The first-order valence-electron chi connectivity index (χ1n) is 7.98. The van der Waals surface area contributed by atoms with Crippen LogP contribution in [0.2, 0.25) is 0 Å². The first-order valence-corrected chi connectivity index (χ1v) is 8.97. The molecule has 8 heteroatoms.